The maximum atomic E-state index is 6.38. The first kappa shape index (κ1) is 17.6. The smallest absolute Gasteiger partial charge is 0.124 e. The van der Waals surface area contributed by atoms with Crippen LogP contribution in [0.1, 0.15) is 31.4 Å². The van der Waals surface area contributed by atoms with E-state index < -0.39 is 0 Å². The molecule has 0 aromatic heterocycles. The predicted octanol–water partition coefficient (Wildman–Crippen LogP) is 3.78. The fourth-order valence-electron chi connectivity index (χ4n) is 4.74. The lowest BCUT2D eigenvalue weighted by molar-refractivity contribution is 0.0362. The van der Waals surface area contributed by atoms with E-state index >= 15 is 0 Å². The van der Waals surface area contributed by atoms with Crippen molar-refractivity contribution in [3.05, 3.63) is 65.7 Å². The Bertz CT molecular complexity index is 750. The van der Waals surface area contributed by atoms with Crippen LogP contribution in [0.2, 0.25) is 0 Å². The van der Waals surface area contributed by atoms with Crippen LogP contribution in [0.4, 0.5) is 0 Å². The van der Waals surface area contributed by atoms with E-state index in [4.69, 9.17) is 4.74 Å². The lowest BCUT2D eigenvalue weighted by Crippen LogP contribution is -2.54. The van der Waals surface area contributed by atoms with Crippen molar-refractivity contribution in [3.63, 3.8) is 0 Å². The molecule has 0 spiro atoms. The summed E-state index contributed by atoms with van der Waals surface area (Å²) in [5, 5.41) is 0. The summed E-state index contributed by atoms with van der Waals surface area (Å²) in [7, 11) is 2.22. The highest BCUT2D eigenvalue weighted by Gasteiger charge is 2.47. The van der Waals surface area contributed by atoms with Gasteiger partial charge in [0.05, 0.1) is 0 Å². The maximum absolute atomic E-state index is 6.38. The van der Waals surface area contributed by atoms with E-state index in [1.54, 1.807) is 0 Å². The van der Waals surface area contributed by atoms with Gasteiger partial charge in [-0.2, -0.15) is 0 Å². The van der Waals surface area contributed by atoms with Gasteiger partial charge in [0.25, 0.3) is 0 Å². The highest BCUT2D eigenvalue weighted by molar-refractivity contribution is 5.50. The summed E-state index contributed by atoms with van der Waals surface area (Å²) in [5.41, 5.74) is 2.53. The zero-order valence-corrected chi connectivity index (χ0v) is 16.2. The minimum atomic E-state index is -0.184. The van der Waals surface area contributed by atoms with E-state index in [-0.39, 0.29) is 11.0 Å². The SMILES string of the molecule is CN1CCN(CC2(c3ccccc3)CC(C)(C)Oc3ccccc32)CC1. The molecule has 2 heterocycles. The van der Waals surface area contributed by atoms with Gasteiger partial charge in [-0.05, 0) is 32.5 Å². The molecule has 2 aliphatic heterocycles. The maximum Gasteiger partial charge on any atom is 0.124 e. The number of piperazine rings is 1. The van der Waals surface area contributed by atoms with Gasteiger partial charge in [-0.3, -0.25) is 4.90 Å². The van der Waals surface area contributed by atoms with Crippen LogP contribution in [0, 0.1) is 0 Å². The first-order valence-corrected chi connectivity index (χ1v) is 9.74. The molecule has 4 rings (SSSR count). The van der Waals surface area contributed by atoms with Crippen LogP contribution in [0.15, 0.2) is 54.6 Å². The summed E-state index contributed by atoms with van der Waals surface area (Å²) in [6, 6.07) is 19.7. The molecule has 0 amide bonds. The van der Waals surface area contributed by atoms with E-state index in [1.807, 2.05) is 0 Å². The molecule has 1 fully saturated rings. The van der Waals surface area contributed by atoms with E-state index in [0.717, 1.165) is 44.9 Å². The van der Waals surface area contributed by atoms with Crippen molar-refractivity contribution in [3.8, 4) is 5.75 Å². The molecule has 3 nitrogen and oxygen atoms in total. The van der Waals surface area contributed by atoms with Crippen molar-refractivity contribution in [1.29, 1.82) is 0 Å². The van der Waals surface area contributed by atoms with E-state index in [2.05, 4.69) is 85.3 Å². The number of fused-ring (bicyclic) bond motifs is 1. The minimum absolute atomic E-state index is 0.0322. The van der Waals surface area contributed by atoms with Gasteiger partial charge in [0.2, 0.25) is 0 Å². The Morgan fingerprint density at radius 2 is 1.54 bits per heavy atom. The second kappa shape index (κ2) is 6.71. The molecular formula is C23H30N2O. The quantitative estimate of drug-likeness (QED) is 0.838. The number of likely N-dealkylation sites (N-methyl/N-ethyl adjacent to an activating group) is 1. The first-order valence-electron chi connectivity index (χ1n) is 9.74. The van der Waals surface area contributed by atoms with Crippen molar-refractivity contribution < 1.29 is 4.74 Å². The van der Waals surface area contributed by atoms with E-state index in [1.165, 1.54) is 11.1 Å². The molecule has 26 heavy (non-hydrogen) atoms. The summed E-state index contributed by atoms with van der Waals surface area (Å²) < 4.78 is 6.38. The average Bonchev–Trinajstić information content (AvgIpc) is 2.63. The number of para-hydroxylation sites is 1. The van der Waals surface area contributed by atoms with Gasteiger partial charge in [-0.25, -0.2) is 0 Å². The van der Waals surface area contributed by atoms with Crippen molar-refractivity contribution in [2.45, 2.75) is 31.3 Å². The average molecular weight is 351 g/mol. The number of rotatable bonds is 3. The zero-order chi connectivity index (χ0) is 18.2. The standard InChI is InChI=1S/C23H30N2O/c1-22(2)17-23(19-9-5-4-6-10-19,18-25-15-13-24(3)14-16-25)20-11-7-8-12-21(20)26-22/h4-12H,13-18H2,1-3H3. The van der Waals surface area contributed by atoms with Crippen LogP contribution in [-0.4, -0.2) is 55.2 Å². The predicted molar refractivity (Wildman–Crippen MR) is 107 cm³/mol. The van der Waals surface area contributed by atoms with Crippen LogP contribution < -0.4 is 4.74 Å². The molecule has 0 radical (unpaired) electrons. The van der Waals surface area contributed by atoms with Gasteiger partial charge in [0, 0.05) is 50.1 Å². The van der Waals surface area contributed by atoms with Crippen LogP contribution in [0.25, 0.3) is 0 Å². The first-order chi connectivity index (χ1) is 12.5. The number of ether oxygens (including phenoxy) is 1. The largest absolute Gasteiger partial charge is 0.488 e. The lowest BCUT2D eigenvalue weighted by atomic mass is 9.66. The Balaban J connectivity index is 1.81. The number of hydrogen-bond acceptors (Lipinski definition) is 3. The molecule has 3 heteroatoms. The van der Waals surface area contributed by atoms with Crippen LogP contribution in [0.3, 0.4) is 0 Å². The highest BCUT2D eigenvalue weighted by Crippen LogP contribution is 2.49. The Hall–Kier alpha value is -1.84. The molecule has 0 saturated carbocycles. The van der Waals surface area contributed by atoms with Crippen LogP contribution in [0.5, 0.6) is 5.75 Å². The molecule has 0 N–H and O–H groups in total. The second-order valence-corrected chi connectivity index (χ2v) is 8.56. The summed E-state index contributed by atoms with van der Waals surface area (Å²) in [4.78, 5) is 5.07. The fourth-order valence-corrected chi connectivity index (χ4v) is 4.74. The summed E-state index contributed by atoms with van der Waals surface area (Å²) in [5.74, 6) is 1.04. The molecule has 0 bridgehead atoms. The summed E-state index contributed by atoms with van der Waals surface area (Å²) >= 11 is 0. The molecule has 2 aromatic carbocycles. The van der Waals surface area contributed by atoms with Crippen LogP contribution >= 0.6 is 0 Å². The minimum Gasteiger partial charge on any atom is -0.488 e. The molecule has 2 aromatic rings. The van der Waals surface area contributed by atoms with Crippen molar-refractivity contribution in [2.75, 3.05) is 39.8 Å². The molecule has 2 aliphatic rings. The molecule has 138 valence electrons. The van der Waals surface area contributed by atoms with Crippen molar-refractivity contribution >= 4 is 0 Å². The monoisotopic (exact) mass is 350 g/mol. The zero-order valence-electron chi connectivity index (χ0n) is 16.2. The van der Waals surface area contributed by atoms with Gasteiger partial charge in [0.1, 0.15) is 11.4 Å². The Morgan fingerprint density at radius 3 is 2.27 bits per heavy atom. The van der Waals surface area contributed by atoms with Gasteiger partial charge in [0.15, 0.2) is 0 Å². The summed E-state index contributed by atoms with van der Waals surface area (Å²) in [6.07, 6.45) is 0.993. The molecule has 1 saturated heterocycles. The normalized spacial score (nSPS) is 26.1. The van der Waals surface area contributed by atoms with E-state index in [0.29, 0.717) is 0 Å². The van der Waals surface area contributed by atoms with Gasteiger partial charge < -0.3 is 9.64 Å². The number of nitrogens with zero attached hydrogens (tertiary/aromatic N) is 2. The third kappa shape index (κ3) is 3.26. The fraction of sp³-hybridized carbons (Fsp3) is 0.478. The van der Waals surface area contributed by atoms with Gasteiger partial charge in [-0.15, -0.1) is 0 Å². The topological polar surface area (TPSA) is 15.7 Å². The number of hydrogen-bond donors (Lipinski definition) is 0. The Labute approximate surface area is 157 Å². The highest BCUT2D eigenvalue weighted by atomic mass is 16.5. The number of benzene rings is 2. The lowest BCUT2D eigenvalue weighted by Gasteiger charge is -2.49. The Morgan fingerprint density at radius 1 is 0.885 bits per heavy atom. The molecule has 1 atom stereocenters. The Kier molecular flexibility index (Phi) is 4.54. The van der Waals surface area contributed by atoms with Crippen LogP contribution in [-0.2, 0) is 5.41 Å². The van der Waals surface area contributed by atoms with Crippen molar-refractivity contribution in [2.24, 2.45) is 0 Å². The van der Waals surface area contributed by atoms with Gasteiger partial charge in [-0.1, -0.05) is 48.5 Å². The third-order valence-electron chi connectivity index (χ3n) is 5.93. The van der Waals surface area contributed by atoms with Crippen molar-refractivity contribution in [1.82, 2.24) is 9.80 Å². The molecular weight excluding hydrogens is 320 g/mol. The molecule has 1 unspecified atom stereocenters. The third-order valence-corrected chi connectivity index (χ3v) is 5.93. The summed E-state index contributed by atoms with van der Waals surface area (Å²) in [6.45, 7) is 10.1. The second-order valence-electron chi connectivity index (χ2n) is 8.56. The van der Waals surface area contributed by atoms with Gasteiger partial charge >= 0.3 is 0 Å². The van der Waals surface area contributed by atoms with E-state index in [9.17, 15) is 0 Å². The molecule has 0 aliphatic carbocycles.